The molecule has 178 valence electrons. The van der Waals surface area contributed by atoms with Gasteiger partial charge in [-0.15, -0.1) is 10.2 Å². The number of carbonyl (C=O) groups excluding carboxylic acids is 1. The summed E-state index contributed by atoms with van der Waals surface area (Å²) in [6.07, 6.45) is 1.46. The van der Waals surface area contributed by atoms with Gasteiger partial charge in [-0.25, -0.2) is 4.79 Å². The van der Waals surface area contributed by atoms with Gasteiger partial charge >= 0.3 is 5.97 Å². The molecule has 35 heavy (non-hydrogen) atoms. The molecule has 0 unspecified atom stereocenters. The van der Waals surface area contributed by atoms with Crippen LogP contribution in [-0.4, -0.2) is 38.9 Å². The monoisotopic (exact) mass is 490 g/mol. The standard InChI is InChI=1S/C25H22N4O5S/c1-3-33-23(31)18-12-13-34-21(18)15-35-25-27-26-24-28(14-16-8-4-7-11-20(16)32-2)22(30)17-9-5-6-10-19(17)29(24)25/h4-13H,3,14-15H2,1-2H3. The zero-order valence-electron chi connectivity index (χ0n) is 19.1. The van der Waals surface area contributed by atoms with E-state index in [0.717, 1.165) is 5.56 Å². The molecule has 0 N–H and O–H groups in total. The molecule has 5 rings (SSSR count). The van der Waals surface area contributed by atoms with Gasteiger partial charge in [-0.2, -0.15) is 0 Å². The van der Waals surface area contributed by atoms with E-state index in [4.69, 9.17) is 13.9 Å². The molecule has 3 aromatic heterocycles. The number of fused-ring (bicyclic) bond motifs is 3. The first-order valence-corrected chi connectivity index (χ1v) is 12.0. The van der Waals surface area contributed by atoms with Gasteiger partial charge in [0.2, 0.25) is 5.78 Å². The van der Waals surface area contributed by atoms with Gasteiger partial charge in [0.25, 0.3) is 5.56 Å². The average Bonchev–Trinajstić information content (AvgIpc) is 3.53. The van der Waals surface area contributed by atoms with Crippen LogP contribution in [0.1, 0.15) is 28.6 Å². The number of rotatable bonds is 8. The number of para-hydroxylation sites is 2. The quantitative estimate of drug-likeness (QED) is 0.236. The highest BCUT2D eigenvalue weighted by atomic mass is 32.2. The van der Waals surface area contributed by atoms with Crippen LogP contribution in [0.4, 0.5) is 0 Å². The number of nitrogens with zero attached hydrogens (tertiary/aromatic N) is 4. The summed E-state index contributed by atoms with van der Waals surface area (Å²) in [4.78, 5) is 25.7. The van der Waals surface area contributed by atoms with Crippen molar-refractivity contribution in [2.45, 2.75) is 24.4 Å². The lowest BCUT2D eigenvalue weighted by atomic mass is 10.2. The van der Waals surface area contributed by atoms with Gasteiger partial charge in [0.05, 0.1) is 43.2 Å². The van der Waals surface area contributed by atoms with E-state index in [1.165, 1.54) is 18.0 Å². The van der Waals surface area contributed by atoms with Gasteiger partial charge < -0.3 is 13.9 Å². The molecule has 0 saturated heterocycles. The number of hydrogen-bond acceptors (Lipinski definition) is 8. The summed E-state index contributed by atoms with van der Waals surface area (Å²) in [5.74, 6) is 1.48. The summed E-state index contributed by atoms with van der Waals surface area (Å²) in [5.41, 5.74) is 1.76. The molecule has 0 aliphatic heterocycles. The summed E-state index contributed by atoms with van der Waals surface area (Å²) in [6, 6.07) is 16.5. The van der Waals surface area contributed by atoms with Crippen LogP contribution in [0.2, 0.25) is 0 Å². The van der Waals surface area contributed by atoms with Crippen LogP contribution in [0.3, 0.4) is 0 Å². The van der Waals surface area contributed by atoms with Crippen LogP contribution in [0.15, 0.2) is 75.2 Å². The molecule has 0 radical (unpaired) electrons. The molecule has 0 fully saturated rings. The molecule has 0 aliphatic carbocycles. The van der Waals surface area contributed by atoms with Crippen molar-refractivity contribution in [2.75, 3.05) is 13.7 Å². The number of methoxy groups -OCH3 is 1. The minimum Gasteiger partial charge on any atom is -0.496 e. The number of carbonyl (C=O) groups is 1. The summed E-state index contributed by atoms with van der Waals surface area (Å²) in [6.45, 7) is 2.30. The maximum atomic E-state index is 13.4. The summed E-state index contributed by atoms with van der Waals surface area (Å²) >= 11 is 1.36. The number of benzene rings is 2. The summed E-state index contributed by atoms with van der Waals surface area (Å²) < 4.78 is 19.6. The van der Waals surface area contributed by atoms with Gasteiger partial charge in [-0.1, -0.05) is 42.1 Å². The van der Waals surface area contributed by atoms with E-state index in [-0.39, 0.29) is 18.7 Å². The molecule has 0 spiro atoms. The van der Waals surface area contributed by atoms with Crippen molar-refractivity contribution < 1.29 is 18.7 Å². The van der Waals surface area contributed by atoms with Gasteiger partial charge in [-0.05, 0) is 31.2 Å². The van der Waals surface area contributed by atoms with Crippen molar-refractivity contribution in [3.8, 4) is 5.75 Å². The van der Waals surface area contributed by atoms with Crippen molar-refractivity contribution in [3.05, 3.63) is 88.1 Å². The van der Waals surface area contributed by atoms with E-state index in [0.29, 0.717) is 44.7 Å². The Balaban J connectivity index is 1.58. The normalized spacial score (nSPS) is 11.3. The van der Waals surface area contributed by atoms with Crippen molar-refractivity contribution in [1.29, 1.82) is 0 Å². The molecule has 2 aromatic carbocycles. The largest absolute Gasteiger partial charge is 0.496 e. The zero-order chi connectivity index (χ0) is 24.4. The molecular weight excluding hydrogens is 468 g/mol. The van der Waals surface area contributed by atoms with E-state index < -0.39 is 5.97 Å². The number of esters is 1. The first kappa shape index (κ1) is 22.7. The SMILES string of the molecule is CCOC(=O)c1ccoc1CSc1nnc2n(Cc3ccccc3OC)c(=O)c3ccccc3n12. The third-order valence-electron chi connectivity index (χ3n) is 5.57. The first-order chi connectivity index (χ1) is 17.1. The molecule has 0 aliphatic rings. The molecular formula is C25H22N4O5S. The second-order valence-electron chi connectivity index (χ2n) is 7.60. The van der Waals surface area contributed by atoms with Crippen LogP contribution in [-0.2, 0) is 17.0 Å². The highest BCUT2D eigenvalue weighted by molar-refractivity contribution is 7.98. The van der Waals surface area contributed by atoms with E-state index in [1.807, 2.05) is 46.9 Å². The topological polar surface area (TPSA) is 101 Å². The van der Waals surface area contributed by atoms with Crippen LogP contribution in [0.5, 0.6) is 5.75 Å². The number of hydrogen-bond donors (Lipinski definition) is 0. The lowest BCUT2D eigenvalue weighted by Crippen LogP contribution is -2.24. The average molecular weight is 491 g/mol. The fraction of sp³-hybridized carbons (Fsp3) is 0.200. The minimum absolute atomic E-state index is 0.168. The lowest BCUT2D eigenvalue weighted by Gasteiger charge is -2.13. The Hall–Kier alpha value is -4.05. The van der Waals surface area contributed by atoms with Crippen LogP contribution in [0, 0.1) is 0 Å². The van der Waals surface area contributed by atoms with E-state index in [2.05, 4.69) is 10.2 Å². The molecule has 10 heteroatoms. The Morgan fingerprint density at radius 2 is 1.89 bits per heavy atom. The second-order valence-corrected chi connectivity index (χ2v) is 8.55. The zero-order valence-corrected chi connectivity index (χ0v) is 19.9. The second kappa shape index (κ2) is 9.67. The predicted molar refractivity (Wildman–Crippen MR) is 131 cm³/mol. The molecule has 0 amide bonds. The van der Waals surface area contributed by atoms with Gasteiger partial charge in [-0.3, -0.25) is 13.8 Å². The Morgan fingerprint density at radius 3 is 2.71 bits per heavy atom. The van der Waals surface area contributed by atoms with Crippen LogP contribution < -0.4 is 10.3 Å². The summed E-state index contributed by atoms with van der Waals surface area (Å²) in [5, 5.41) is 9.84. The van der Waals surface area contributed by atoms with Gasteiger partial charge in [0.15, 0.2) is 5.16 Å². The molecule has 0 saturated carbocycles. The van der Waals surface area contributed by atoms with E-state index in [1.54, 1.807) is 30.7 Å². The lowest BCUT2D eigenvalue weighted by molar-refractivity contribution is 0.0524. The van der Waals surface area contributed by atoms with Crippen molar-refractivity contribution in [1.82, 2.24) is 19.2 Å². The van der Waals surface area contributed by atoms with Crippen molar-refractivity contribution >= 4 is 34.4 Å². The molecule has 0 bridgehead atoms. The molecule has 0 atom stereocenters. The maximum absolute atomic E-state index is 13.4. The molecule has 9 nitrogen and oxygen atoms in total. The van der Waals surface area contributed by atoms with E-state index >= 15 is 0 Å². The highest BCUT2D eigenvalue weighted by Gasteiger charge is 2.20. The summed E-state index contributed by atoms with van der Waals surface area (Å²) in [7, 11) is 1.60. The van der Waals surface area contributed by atoms with Crippen LogP contribution >= 0.6 is 11.8 Å². The fourth-order valence-electron chi connectivity index (χ4n) is 3.95. The molecule has 3 heterocycles. The third kappa shape index (κ3) is 4.17. The Morgan fingerprint density at radius 1 is 1.09 bits per heavy atom. The Bertz CT molecular complexity index is 1590. The van der Waals surface area contributed by atoms with Gasteiger partial charge in [0.1, 0.15) is 17.1 Å². The van der Waals surface area contributed by atoms with Gasteiger partial charge in [0, 0.05) is 5.56 Å². The predicted octanol–water partition coefficient (Wildman–Crippen LogP) is 4.16. The third-order valence-corrected chi connectivity index (χ3v) is 6.50. The minimum atomic E-state index is -0.431. The smallest absolute Gasteiger partial charge is 0.341 e. The van der Waals surface area contributed by atoms with Crippen molar-refractivity contribution in [3.63, 3.8) is 0 Å². The first-order valence-electron chi connectivity index (χ1n) is 11.0. The Labute approximate surface area is 204 Å². The Kier molecular flexibility index (Phi) is 6.28. The number of thioether (sulfide) groups is 1. The number of aromatic nitrogens is 4. The highest BCUT2D eigenvalue weighted by Crippen LogP contribution is 2.27. The molecule has 5 aromatic rings. The maximum Gasteiger partial charge on any atom is 0.341 e. The van der Waals surface area contributed by atoms with Crippen LogP contribution in [0.25, 0.3) is 16.7 Å². The van der Waals surface area contributed by atoms with Crippen molar-refractivity contribution in [2.24, 2.45) is 0 Å². The number of furan rings is 1. The van der Waals surface area contributed by atoms with E-state index in [9.17, 15) is 9.59 Å². The fourth-order valence-corrected chi connectivity index (χ4v) is 4.84. The number of ether oxygens (including phenoxy) is 2.